The largest absolute Gasteiger partial charge is 0.501 e. The van der Waals surface area contributed by atoms with Crippen molar-refractivity contribution in [1.29, 1.82) is 0 Å². The van der Waals surface area contributed by atoms with E-state index in [1.165, 1.54) is 14.2 Å². The molecule has 1 amide bonds. The van der Waals surface area contributed by atoms with E-state index in [-0.39, 0.29) is 19.2 Å². The molecule has 0 saturated carbocycles. The summed E-state index contributed by atoms with van der Waals surface area (Å²) >= 11 is 0. The summed E-state index contributed by atoms with van der Waals surface area (Å²) in [7, 11) is 0.0693. The lowest BCUT2D eigenvalue weighted by Gasteiger charge is -2.26. The molecule has 0 radical (unpaired) electrons. The highest BCUT2D eigenvalue weighted by Gasteiger charge is 2.38. The molecule has 0 aromatic heterocycles. The maximum Gasteiger partial charge on any atom is 0.501 e. The molecule has 0 aliphatic rings. The Morgan fingerprint density at radius 3 is 2.38 bits per heavy atom. The van der Waals surface area contributed by atoms with Gasteiger partial charge in [-0.2, -0.15) is 0 Å². The summed E-state index contributed by atoms with van der Waals surface area (Å²) in [6, 6.07) is 0.452. The Morgan fingerprint density at radius 1 is 1.29 bits per heavy atom. The molecule has 0 heterocycles. The van der Waals surface area contributed by atoms with E-state index >= 15 is 0 Å². The summed E-state index contributed by atoms with van der Waals surface area (Å²) in [4.78, 5) is 22.3. The summed E-state index contributed by atoms with van der Waals surface area (Å²) in [6.45, 7) is 8.59. The van der Waals surface area contributed by atoms with Gasteiger partial charge in [-0.05, 0) is 19.4 Å². The van der Waals surface area contributed by atoms with Gasteiger partial charge in [-0.3, -0.25) is 4.79 Å². The predicted octanol–water partition coefficient (Wildman–Crippen LogP) is 1.00. The summed E-state index contributed by atoms with van der Waals surface area (Å²) in [6.07, 6.45) is 1.66. The Bertz CT molecular complexity index is 381. The summed E-state index contributed by atoms with van der Waals surface area (Å²) in [5.74, 6) is -0.781. The summed E-state index contributed by atoms with van der Waals surface area (Å²) in [5.41, 5.74) is 0.348. The van der Waals surface area contributed by atoms with Crippen molar-refractivity contribution < 1.29 is 27.6 Å². The molecule has 0 aromatic rings. The monoisotopic (exact) mass is 317 g/mol. The van der Waals surface area contributed by atoms with E-state index in [4.69, 9.17) is 18.0 Å². The lowest BCUT2D eigenvalue weighted by Crippen LogP contribution is -2.46. The van der Waals surface area contributed by atoms with Crippen molar-refractivity contribution in [3.8, 4) is 0 Å². The number of rotatable bonds is 11. The highest BCUT2D eigenvalue weighted by atomic mass is 28.4. The average molecular weight is 317 g/mol. The van der Waals surface area contributed by atoms with Crippen molar-refractivity contribution in [2.75, 3.05) is 27.6 Å². The van der Waals surface area contributed by atoms with Crippen molar-refractivity contribution in [1.82, 2.24) is 5.32 Å². The van der Waals surface area contributed by atoms with Crippen LogP contribution in [0.5, 0.6) is 0 Å². The van der Waals surface area contributed by atoms with Gasteiger partial charge in [0.2, 0.25) is 5.91 Å². The van der Waals surface area contributed by atoms with Crippen LogP contribution in [0.4, 0.5) is 0 Å². The van der Waals surface area contributed by atoms with Crippen LogP contribution >= 0.6 is 0 Å². The van der Waals surface area contributed by atoms with E-state index in [1.807, 2.05) is 0 Å². The van der Waals surface area contributed by atoms with Crippen LogP contribution in [-0.2, 0) is 27.6 Å². The van der Waals surface area contributed by atoms with Gasteiger partial charge >= 0.3 is 14.8 Å². The molecule has 0 saturated heterocycles. The number of hydrogen-bond donors (Lipinski definition) is 1. The third kappa shape index (κ3) is 7.76. The van der Waals surface area contributed by atoms with E-state index in [9.17, 15) is 9.59 Å². The van der Waals surface area contributed by atoms with Gasteiger partial charge < -0.3 is 23.3 Å². The van der Waals surface area contributed by atoms with Crippen molar-refractivity contribution in [3.63, 3.8) is 0 Å². The van der Waals surface area contributed by atoms with E-state index in [0.29, 0.717) is 18.0 Å². The highest BCUT2D eigenvalue weighted by molar-refractivity contribution is 6.60. The summed E-state index contributed by atoms with van der Waals surface area (Å²) < 4.78 is 21.1. The average Bonchev–Trinajstić information content (AvgIpc) is 2.49. The second kappa shape index (κ2) is 10.3. The van der Waals surface area contributed by atoms with Crippen LogP contribution in [0.25, 0.3) is 0 Å². The highest BCUT2D eigenvalue weighted by Crippen LogP contribution is 2.15. The minimum absolute atomic E-state index is 0.0374. The van der Waals surface area contributed by atoms with Gasteiger partial charge in [0.1, 0.15) is 6.73 Å². The van der Waals surface area contributed by atoms with Gasteiger partial charge in [-0.15, -0.1) is 0 Å². The van der Waals surface area contributed by atoms with E-state index in [2.05, 4.69) is 18.5 Å². The number of esters is 1. The van der Waals surface area contributed by atoms with Crippen molar-refractivity contribution in [3.05, 3.63) is 24.8 Å². The molecular weight excluding hydrogens is 294 g/mol. The van der Waals surface area contributed by atoms with E-state index < -0.39 is 14.8 Å². The number of amides is 1. The van der Waals surface area contributed by atoms with Crippen LogP contribution < -0.4 is 5.32 Å². The van der Waals surface area contributed by atoms with E-state index in [0.717, 1.165) is 6.08 Å². The van der Waals surface area contributed by atoms with Gasteiger partial charge in [-0.25, -0.2) is 4.79 Å². The van der Waals surface area contributed by atoms with Gasteiger partial charge in [-0.1, -0.05) is 13.2 Å². The molecule has 8 heteroatoms. The molecule has 0 fully saturated rings. The molecule has 120 valence electrons. The molecule has 0 aromatic carbocycles. The number of carbonyl (C=O) groups is 2. The lowest BCUT2D eigenvalue weighted by molar-refractivity contribution is -0.139. The minimum Gasteiger partial charge on any atom is -0.462 e. The van der Waals surface area contributed by atoms with Gasteiger partial charge in [0.15, 0.2) is 0 Å². The van der Waals surface area contributed by atoms with Crippen molar-refractivity contribution in [2.45, 2.75) is 19.4 Å². The molecule has 0 spiro atoms. The second-order valence-corrected chi connectivity index (χ2v) is 7.12. The standard InChI is InChI=1S/C13H23NO6Si/c1-6-12(15)14-10-20-21(17-4,18-5)9-7-8-19-13(16)11(2)3/h6H,1-2,7-10H2,3-5H3,(H,14,15). The Kier molecular flexibility index (Phi) is 9.55. The van der Waals surface area contributed by atoms with Crippen LogP contribution in [0, 0.1) is 0 Å². The van der Waals surface area contributed by atoms with Gasteiger partial charge in [0.05, 0.1) is 6.61 Å². The van der Waals surface area contributed by atoms with E-state index in [1.54, 1.807) is 6.92 Å². The first-order valence-corrected chi connectivity index (χ1v) is 8.31. The first kappa shape index (κ1) is 19.5. The Hall–Kier alpha value is -1.48. The Morgan fingerprint density at radius 2 is 1.90 bits per heavy atom. The topological polar surface area (TPSA) is 83.1 Å². The fourth-order valence-corrected chi connectivity index (χ4v) is 3.17. The Labute approximate surface area is 126 Å². The molecule has 0 atom stereocenters. The molecule has 0 aliphatic carbocycles. The Balaban J connectivity index is 4.20. The van der Waals surface area contributed by atoms with Crippen LogP contribution in [0.1, 0.15) is 13.3 Å². The number of carbonyl (C=O) groups excluding carboxylic acids is 2. The SMILES string of the molecule is C=CC(=O)NCO[Si](CCCOC(=O)C(=C)C)(OC)OC. The lowest BCUT2D eigenvalue weighted by atomic mass is 10.4. The van der Waals surface area contributed by atoms with Gasteiger partial charge in [0.25, 0.3) is 0 Å². The molecule has 0 unspecified atom stereocenters. The smallest absolute Gasteiger partial charge is 0.462 e. The number of hydrogen-bond acceptors (Lipinski definition) is 6. The fourth-order valence-electron chi connectivity index (χ4n) is 1.34. The minimum atomic E-state index is -2.88. The zero-order valence-corrected chi connectivity index (χ0v) is 13.8. The zero-order chi connectivity index (χ0) is 16.3. The second-order valence-electron chi connectivity index (χ2n) is 4.14. The van der Waals surface area contributed by atoms with Crippen LogP contribution in [-0.4, -0.2) is 48.2 Å². The molecule has 21 heavy (non-hydrogen) atoms. The first-order valence-electron chi connectivity index (χ1n) is 6.38. The molecule has 0 aliphatic heterocycles. The first-order chi connectivity index (χ1) is 9.90. The quantitative estimate of drug-likeness (QED) is 0.201. The van der Waals surface area contributed by atoms with Crippen LogP contribution in [0.15, 0.2) is 24.8 Å². The van der Waals surface area contributed by atoms with Crippen molar-refractivity contribution >= 4 is 20.7 Å². The normalized spacial score (nSPS) is 10.8. The predicted molar refractivity (Wildman–Crippen MR) is 79.3 cm³/mol. The van der Waals surface area contributed by atoms with Crippen LogP contribution in [0.2, 0.25) is 6.04 Å². The van der Waals surface area contributed by atoms with Gasteiger partial charge in [0, 0.05) is 25.8 Å². The fraction of sp³-hybridized carbons (Fsp3) is 0.538. The number of nitrogens with one attached hydrogen (secondary N) is 1. The van der Waals surface area contributed by atoms with Crippen LogP contribution in [0.3, 0.4) is 0 Å². The molecular formula is C13H23NO6Si. The third-order valence-corrected chi connectivity index (χ3v) is 5.35. The maximum atomic E-state index is 11.2. The van der Waals surface area contributed by atoms with Crippen molar-refractivity contribution in [2.24, 2.45) is 0 Å². The number of ether oxygens (including phenoxy) is 1. The summed E-state index contributed by atoms with van der Waals surface area (Å²) in [5, 5.41) is 2.48. The third-order valence-electron chi connectivity index (χ3n) is 2.55. The molecule has 1 N–H and O–H groups in total. The molecule has 0 bridgehead atoms. The maximum absolute atomic E-state index is 11.2. The zero-order valence-electron chi connectivity index (χ0n) is 12.8. The molecule has 0 rings (SSSR count). The molecule has 7 nitrogen and oxygen atoms in total.